The Bertz CT molecular complexity index is 611. The van der Waals surface area contributed by atoms with E-state index in [-0.39, 0.29) is 12.4 Å². The van der Waals surface area contributed by atoms with Crippen LogP contribution >= 0.6 is 0 Å². The first-order valence-electron chi connectivity index (χ1n) is 5.84. The highest BCUT2D eigenvalue weighted by molar-refractivity contribution is 5.92. The summed E-state index contributed by atoms with van der Waals surface area (Å²) < 4.78 is 18.6. The number of primary amides is 1. The predicted octanol–water partition coefficient (Wildman–Crippen LogP) is 2.81. The van der Waals surface area contributed by atoms with Crippen LogP contribution in [0.25, 0.3) is 0 Å². The van der Waals surface area contributed by atoms with Crippen molar-refractivity contribution in [3.05, 3.63) is 65.0 Å². The van der Waals surface area contributed by atoms with E-state index in [9.17, 15) is 9.18 Å². The van der Waals surface area contributed by atoms with Gasteiger partial charge < -0.3 is 10.5 Å². The molecule has 19 heavy (non-hydrogen) atoms. The van der Waals surface area contributed by atoms with Crippen LogP contribution in [0.15, 0.2) is 42.5 Å². The first-order chi connectivity index (χ1) is 9.06. The third kappa shape index (κ3) is 3.31. The number of carbonyl (C=O) groups excluding carboxylic acids is 1. The molecule has 0 fully saturated rings. The van der Waals surface area contributed by atoms with E-state index >= 15 is 0 Å². The van der Waals surface area contributed by atoms with Crippen LogP contribution in [0, 0.1) is 12.7 Å². The molecule has 0 heterocycles. The minimum Gasteiger partial charge on any atom is -0.489 e. The van der Waals surface area contributed by atoms with Gasteiger partial charge in [0.05, 0.1) is 0 Å². The lowest BCUT2D eigenvalue weighted by molar-refractivity contribution is 0.1000. The summed E-state index contributed by atoms with van der Waals surface area (Å²) >= 11 is 0. The topological polar surface area (TPSA) is 52.3 Å². The zero-order valence-corrected chi connectivity index (χ0v) is 10.5. The molecule has 0 saturated heterocycles. The quantitative estimate of drug-likeness (QED) is 0.917. The molecule has 0 unspecified atom stereocenters. The molecule has 2 aromatic carbocycles. The summed E-state index contributed by atoms with van der Waals surface area (Å²) in [6.45, 7) is 2.10. The maximum atomic E-state index is 13.1. The maximum absolute atomic E-state index is 13.1. The van der Waals surface area contributed by atoms with Crippen LogP contribution in [0.5, 0.6) is 5.75 Å². The lowest BCUT2D eigenvalue weighted by Gasteiger charge is -2.09. The lowest BCUT2D eigenvalue weighted by atomic mass is 10.1. The Hall–Kier alpha value is -2.36. The second kappa shape index (κ2) is 5.52. The van der Waals surface area contributed by atoms with Gasteiger partial charge in [-0.25, -0.2) is 4.39 Å². The molecule has 4 heteroatoms. The smallest absolute Gasteiger partial charge is 0.248 e. The van der Waals surface area contributed by atoms with Gasteiger partial charge in [0.25, 0.3) is 0 Å². The molecule has 0 aliphatic heterocycles. The van der Waals surface area contributed by atoms with Crippen molar-refractivity contribution in [2.24, 2.45) is 5.73 Å². The Morgan fingerprint density at radius 3 is 2.79 bits per heavy atom. The number of hydrogen-bond donors (Lipinski definition) is 1. The number of ether oxygens (including phenoxy) is 1. The number of amides is 1. The van der Waals surface area contributed by atoms with E-state index < -0.39 is 5.91 Å². The third-order valence-electron chi connectivity index (χ3n) is 2.76. The fourth-order valence-electron chi connectivity index (χ4n) is 1.70. The van der Waals surface area contributed by atoms with Crippen LogP contribution in [0.1, 0.15) is 21.5 Å². The number of hydrogen-bond acceptors (Lipinski definition) is 2. The van der Waals surface area contributed by atoms with Crippen molar-refractivity contribution in [1.29, 1.82) is 0 Å². The molecule has 0 spiro atoms. The average molecular weight is 259 g/mol. The number of halogens is 1. The van der Waals surface area contributed by atoms with Gasteiger partial charge in [-0.05, 0) is 36.2 Å². The van der Waals surface area contributed by atoms with E-state index in [1.165, 1.54) is 12.1 Å². The largest absolute Gasteiger partial charge is 0.489 e. The van der Waals surface area contributed by atoms with Gasteiger partial charge in [0.15, 0.2) is 0 Å². The van der Waals surface area contributed by atoms with Crippen LogP contribution in [0.3, 0.4) is 0 Å². The summed E-state index contributed by atoms with van der Waals surface area (Å²) in [6, 6.07) is 11.2. The molecule has 0 aliphatic carbocycles. The molecular weight excluding hydrogens is 245 g/mol. The summed E-state index contributed by atoms with van der Waals surface area (Å²) in [5.74, 6) is -0.334. The van der Waals surface area contributed by atoms with E-state index in [1.807, 2.05) is 13.0 Å². The fraction of sp³-hybridized carbons (Fsp3) is 0.133. The molecule has 0 aliphatic rings. The van der Waals surface area contributed by atoms with E-state index in [4.69, 9.17) is 10.5 Å². The predicted molar refractivity (Wildman–Crippen MR) is 70.4 cm³/mol. The molecule has 98 valence electrons. The van der Waals surface area contributed by atoms with E-state index in [1.54, 1.807) is 24.3 Å². The molecule has 0 radical (unpaired) electrons. The van der Waals surface area contributed by atoms with Crippen molar-refractivity contribution >= 4 is 5.91 Å². The van der Waals surface area contributed by atoms with E-state index in [2.05, 4.69) is 0 Å². The number of aryl methyl sites for hydroxylation is 1. The van der Waals surface area contributed by atoms with Crippen molar-refractivity contribution < 1.29 is 13.9 Å². The van der Waals surface area contributed by atoms with Gasteiger partial charge in [0.2, 0.25) is 5.91 Å². The first-order valence-corrected chi connectivity index (χ1v) is 5.84. The van der Waals surface area contributed by atoms with Crippen molar-refractivity contribution in [2.75, 3.05) is 0 Å². The van der Waals surface area contributed by atoms with Gasteiger partial charge in [0, 0.05) is 11.6 Å². The molecule has 2 N–H and O–H groups in total. The van der Waals surface area contributed by atoms with Gasteiger partial charge in [-0.15, -0.1) is 0 Å². The summed E-state index contributed by atoms with van der Waals surface area (Å²) in [6.07, 6.45) is 0. The Morgan fingerprint density at radius 2 is 2.05 bits per heavy atom. The van der Waals surface area contributed by atoms with Crippen LogP contribution in [0.4, 0.5) is 4.39 Å². The standard InChI is InChI=1S/C15H14FNO2/c1-10-5-6-13(16)8-14(10)19-9-11-3-2-4-12(7-11)15(17)18/h2-8H,9H2,1H3,(H2,17,18). The highest BCUT2D eigenvalue weighted by Crippen LogP contribution is 2.20. The normalized spacial score (nSPS) is 10.2. The van der Waals surface area contributed by atoms with Crippen molar-refractivity contribution in [1.82, 2.24) is 0 Å². The van der Waals surface area contributed by atoms with Crippen LogP contribution in [0.2, 0.25) is 0 Å². The number of carbonyl (C=O) groups is 1. The molecule has 1 amide bonds. The molecule has 3 nitrogen and oxygen atoms in total. The second-order valence-corrected chi connectivity index (χ2v) is 4.26. The Kier molecular flexibility index (Phi) is 3.80. The number of rotatable bonds is 4. The van der Waals surface area contributed by atoms with Gasteiger partial charge in [0.1, 0.15) is 18.2 Å². The van der Waals surface area contributed by atoms with Crippen LogP contribution in [-0.2, 0) is 6.61 Å². The fourth-order valence-corrected chi connectivity index (χ4v) is 1.70. The maximum Gasteiger partial charge on any atom is 0.248 e. The number of benzene rings is 2. The minimum absolute atomic E-state index is 0.255. The average Bonchev–Trinajstić information content (AvgIpc) is 2.40. The molecule has 2 rings (SSSR count). The van der Waals surface area contributed by atoms with Gasteiger partial charge in [-0.1, -0.05) is 18.2 Å². The molecule has 0 bridgehead atoms. The lowest BCUT2D eigenvalue weighted by Crippen LogP contribution is -2.11. The number of nitrogens with two attached hydrogens (primary N) is 1. The Balaban J connectivity index is 2.12. The van der Waals surface area contributed by atoms with Crippen molar-refractivity contribution in [3.63, 3.8) is 0 Å². The van der Waals surface area contributed by atoms with Gasteiger partial charge >= 0.3 is 0 Å². The van der Waals surface area contributed by atoms with Crippen LogP contribution < -0.4 is 10.5 Å². The summed E-state index contributed by atoms with van der Waals surface area (Å²) in [4.78, 5) is 11.1. The first kappa shape index (κ1) is 13.1. The Morgan fingerprint density at radius 1 is 1.26 bits per heavy atom. The van der Waals surface area contributed by atoms with E-state index in [0.717, 1.165) is 11.1 Å². The molecule has 0 atom stereocenters. The summed E-state index contributed by atoms with van der Waals surface area (Å²) in [7, 11) is 0. The zero-order valence-electron chi connectivity index (χ0n) is 10.5. The summed E-state index contributed by atoms with van der Waals surface area (Å²) in [5, 5.41) is 0. The highest BCUT2D eigenvalue weighted by Gasteiger charge is 2.04. The monoisotopic (exact) mass is 259 g/mol. The van der Waals surface area contributed by atoms with Crippen molar-refractivity contribution in [2.45, 2.75) is 13.5 Å². The molecule has 2 aromatic rings. The van der Waals surface area contributed by atoms with Crippen LogP contribution in [-0.4, -0.2) is 5.91 Å². The Labute approximate surface area is 110 Å². The SMILES string of the molecule is Cc1ccc(F)cc1OCc1cccc(C(N)=O)c1. The van der Waals surface area contributed by atoms with E-state index in [0.29, 0.717) is 11.3 Å². The molecule has 0 aromatic heterocycles. The molecular formula is C15H14FNO2. The highest BCUT2D eigenvalue weighted by atomic mass is 19.1. The minimum atomic E-state index is -0.483. The second-order valence-electron chi connectivity index (χ2n) is 4.26. The summed E-state index contributed by atoms with van der Waals surface area (Å²) in [5.41, 5.74) is 7.29. The van der Waals surface area contributed by atoms with Crippen molar-refractivity contribution in [3.8, 4) is 5.75 Å². The van der Waals surface area contributed by atoms with Gasteiger partial charge in [-0.3, -0.25) is 4.79 Å². The third-order valence-corrected chi connectivity index (χ3v) is 2.76. The zero-order chi connectivity index (χ0) is 13.8. The van der Waals surface area contributed by atoms with Gasteiger partial charge in [-0.2, -0.15) is 0 Å². The molecule has 0 saturated carbocycles.